The van der Waals surface area contributed by atoms with Crippen molar-refractivity contribution in [3.8, 4) is 11.5 Å². The van der Waals surface area contributed by atoms with Crippen molar-refractivity contribution in [1.82, 2.24) is 10.2 Å². The van der Waals surface area contributed by atoms with E-state index in [1.165, 1.54) is 7.11 Å². The van der Waals surface area contributed by atoms with Crippen LogP contribution in [0.1, 0.15) is 19.8 Å². The highest BCUT2D eigenvalue weighted by atomic mass is 32.2. The fourth-order valence-corrected chi connectivity index (χ4v) is 4.34. The fraction of sp³-hybridized carbons (Fsp3) is 0.400. The number of unbranched alkanes of at least 4 members (excludes halogenated alkanes) is 1. The van der Waals surface area contributed by atoms with Crippen molar-refractivity contribution >= 4 is 32.2 Å². The molecule has 0 atom stereocenters. The zero-order chi connectivity index (χ0) is 18.3. The molecule has 25 heavy (non-hydrogen) atoms. The molecular weight excluding hydrogens is 366 g/mol. The van der Waals surface area contributed by atoms with Crippen LogP contribution in [0.3, 0.4) is 0 Å². The van der Waals surface area contributed by atoms with Gasteiger partial charge in [0, 0.05) is 0 Å². The third kappa shape index (κ3) is 5.40. The van der Waals surface area contributed by atoms with E-state index < -0.39 is 15.7 Å². The number of rotatable bonds is 9. The summed E-state index contributed by atoms with van der Waals surface area (Å²) in [5, 5.41) is 9.93. The maximum absolute atomic E-state index is 12.0. The van der Waals surface area contributed by atoms with Gasteiger partial charge in [0.25, 0.3) is 5.91 Å². The number of sulfone groups is 1. The largest absolute Gasteiger partial charge is 0.493 e. The predicted octanol–water partition coefficient (Wildman–Crippen LogP) is 2.14. The Bertz CT molecular complexity index is 820. The number of anilines is 1. The molecule has 1 N–H and O–H groups in total. The summed E-state index contributed by atoms with van der Waals surface area (Å²) in [6.45, 7) is 1.64. The zero-order valence-electron chi connectivity index (χ0n) is 13.9. The maximum atomic E-state index is 12.0. The number of amides is 1. The summed E-state index contributed by atoms with van der Waals surface area (Å²) in [6, 6.07) is 6.93. The minimum atomic E-state index is -3.46. The van der Waals surface area contributed by atoms with E-state index in [0.717, 1.165) is 17.8 Å². The lowest BCUT2D eigenvalue weighted by atomic mass is 10.3. The Hall–Kier alpha value is -2.20. The van der Waals surface area contributed by atoms with Gasteiger partial charge in [0.1, 0.15) is 0 Å². The van der Waals surface area contributed by atoms with Crippen molar-refractivity contribution in [3.63, 3.8) is 0 Å². The summed E-state index contributed by atoms with van der Waals surface area (Å²) >= 11 is 0.826. The molecule has 0 bridgehead atoms. The monoisotopic (exact) mass is 385 g/mol. The first-order chi connectivity index (χ1) is 12.0. The van der Waals surface area contributed by atoms with Gasteiger partial charge in [-0.2, -0.15) is 0 Å². The van der Waals surface area contributed by atoms with Gasteiger partial charge in [-0.25, -0.2) is 8.42 Å². The van der Waals surface area contributed by atoms with Gasteiger partial charge in [-0.05, 0) is 18.6 Å². The molecule has 0 saturated carbocycles. The molecule has 0 aliphatic rings. The van der Waals surface area contributed by atoms with Crippen molar-refractivity contribution in [2.45, 2.75) is 24.1 Å². The molecule has 10 heteroatoms. The topological polar surface area (TPSA) is 107 Å². The molecule has 1 amide bonds. The highest BCUT2D eigenvalue weighted by molar-refractivity contribution is 7.93. The van der Waals surface area contributed by atoms with Gasteiger partial charge in [0.2, 0.25) is 19.3 Å². The van der Waals surface area contributed by atoms with Crippen LogP contribution in [-0.2, 0) is 14.6 Å². The molecule has 2 rings (SSSR count). The molecule has 0 fully saturated rings. The van der Waals surface area contributed by atoms with Crippen LogP contribution in [-0.4, -0.2) is 44.0 Å². The molecule has 0 radical (unpaired) electrons. The Morgan fingerprint density at radius 3 is 2.64 bits per heavy atom. The lowest BCUT2D eigenvalue weighted by molar-refractivity contribution is -0.118. The molecule has 136 valence electrons. The van der Waals surface area contributed by atoms with Crippen LogP contribution in [0, 0.1) is 0 Å². The number of hydrogen-bond acceptors (Lipinski definition) is 8. The average molecular weight is 385 g/mol. The minimum absolute atomic E-state index is 0.0169. The van der Waals surface area contributed by atoms with Gasteiger partial charge in [-0.1, -0.05) is 36.8 Å². The maximum Gasteiger partial charge on any atom is 0.264 e. The molecule has 8 nitrogen and oxygen atoms in total. The van der Waals surface area contributed by atoms with Gasteiger partial charge in [-0.15, -0.1) is 10.2 Å². The van der Waals surface area contributed by atoms with Crippen LogP contribution in [0.25, 0.3) is 0 Å². The second kappa shape index (κ2) is 8.77. The number of nitrogens with one attached hydrogen (secondary N) is 1. The molecule has 0 unspecified atom stereocenters. The summed E-state index contributed by atoms with van der Waals surface area (Å²) in [7, 11) is -1.95. The molecular formula is C15H19N3O5S2. The molecule has 1 heterocycles. The molecule has 0 saturated heterocycles. The van der Waals surface area contributed by atoms with E-state index in [0.29, 0.717) is 17.9 Å². The molecule has 0 aliphatic heterocycles. The smallest absolute Gasteiger partial charge is 0.264 e. The van der Waals surface area contributed by atoms with Crippen LogP contribution in [0.5, 0.6) is 11.5 Å². The number of nitrogens with zero attached hydrogens (tertiary/aromatic N) is 2. The SMILES string of the molecule is CCCCS(=O)(=O)c1nnc(NC(=O)COc2ccccc2OC)s1. The van der Waals surface area contributed by atoms with Crippen molar-refractivity contribution < 1.29 is 22.7 Å². The molecule has 0 aliphatic carbocycles. The van der Waals surface area contributed by atoms with E-state index >= 15 is 0 Å². The third-order valence-electron chi connectivity index (χ3n) is 3.11. The number of aromatic nitrogens is 2. The number of para-hydroxylation sites is 2. The number of hydrogen-bond donors (Lipinski definition) is 1. The van der Waals surface area contributed by atoms with Gasteiger partial charge in [0.15, 0.2) is 18.1 Å². The molecule has 0 spiro atoms. The average Bonchev–Trinajstić information content (AvgIpc) is 3.08. The van der Waals surface area contributed by atoms with E-state index in [1.807, 2.05) is 6.92 Å². The summed E-state index contributed by atoms with van der Waals surface area (Å²) in [5.74, 6) is 0.485. The van der Waals surface area contributed by atoms with E-state index in [4.69, 9.17) is 9.47 Å². The number of ether oxygens (including phenoxy) is 2. The summed E-state index contributed by atoms with van der Waals surface area (Å²) in [4.78, 5) is 11.9. The molecule has 1 aromatic heterocycles. The Morgan fingerprint density at radius 1 is 1.24 bits per heavy atom. The third-order valence-corrected chi connectivity index (χ3v) is 6.20. The summed E-state index contributed by atoms with van der Waals surface area (Å²) < 4.78 is 34.5. The van der Waals surface area contributed by atoms with Crippen molar-refractivity contribution in [2.24, 2.45) is 0 Å². The lowest BCUT2D eigenvalue weighted by Gasteiger charge is -2.09. The number of methoxy groups -OCH3 is 1. The van der Waals surface area contributed by atoms with Gasteiger partial charge in [0.05, 0.1) is 12.9 Å². The summed E-state index contributed by atoms with van der Waals surface area (Å²) in [5.41, 5.74) is 0. The van der Waals surface area contributed by atoms with Crippen molar-refractivity contribution in [1.29, 1.82) is 0 Å². The molecule has 2 aromatic rings. The van der Waals surface area contributed by atoms with Crippen LogP contribution in [0.15, 0.2) is 28.6 Å². The highest BCUT2D eigenvalue weighted by Gasteiger charge is 2.20. The van der Waals surface area contributed by atoms with E-state index in [1.54, 1.807) is 24.3 Å². The zero-order valence-corrected chi connectivity index (χ0v) is 15.5. The second-order valence-electron chi connectivity index (χ2n) is 5.03. The normalized spacial score (nSPS) is 11.1. The first kappa shape index (κ1) is 19.1. The van der Waals surface area contributed by atoms with Crippen molar-refractivity contribution in [2.75, 3.05) is 24.8 Å². The first-order valence-corrected chi connectivity index (χ1v) is 10.0. The number of benzene rings is 1. The van der Waals surface area contributed by atoms with Crippen LogP contribution in [0.4, 0.5) is 5.13 Å². The van der Waals surface area contributed by atoms with Crippen molar-refractivity contribution in [3.05, 3.63) is 24.3 Å². The van der Waals surface area contributed by atoms with Crippen LogP contribution >= 0.6 is 11.3 Å². The fourth-order valence-electron chi connectivity index (χ4n) is 1.84. The Balaban J connectivity index is 1.93. The number of carbonyl (C=O) groups is 1. The predicted molar refractivity (Wildman–Crippen MR) is 94.0 cm³/mol. The van der Waals surface area contributed by atoms with E-state index in [9.17, 15) is 13.2 Å². The van der Waals surface area contributed by atoms with Gasteiger partial charge in [-0.3, -0.25) is 10.1 Å². The van der Waals surface area contributed by atoms with Crippen LogP contribution in [0.2, 0.25) is 0 Å². The Kier molecular flexibility index (Phi) is 6.71. The van der Waals surface area contributed by atoms with E-state index in [2.05, 4.69) is 15.5 Å². The first-order valence-electron chi connectivity index (χ1n) is 7.58. The second-order valence-corrected chi connectivity index (χ2v) is 8.29. The summed E-state index contributed by atoms with van der Waals surface area (Å²) in [6.07, 6.45) is 1.32. The van der Waals surface area contributed by atoms with E-state index in [-0.39, 0.29) is 21.8 Å². The number of carbonyl (C=O) groups excluding carboxylic acids is 1. The molecule has 1 aromatic carbocycles. The quantitative estimate of drug-likeness (QED) is 0.659. The van der Waals surface area contributed by atoms with Gasteiger partial charge < -0.3 is 9.47 Å². The Morgan fingerprint density at radius 2 is 1.96 bits per heavy atom. The standard InChI is InChI=1S/C15H19N3O5S2/c1-3-4-9-25(20,21)15-18-17-14(24-15)16-13(19)10-23-12-8-6-5-7-11(12)22-2/h5-8H,3-4,9-10H2,1-2H3,(H,16,17,19). The Labute approximate surface area is 150 Å². The van der Waals surface area contributed by atoms with Gasteiger partial charge >= 0.3 is 0 Å². The van der Waals surface area contributed by atoms with Crippen LogP contribution < -0.4 is 14.8 Å². The lowest BCUT2D eigenvalue weighted by Crippen LogP contribution is -2.20. The minimum Gasteiger partial charge on any atom is -0.493 e. The highest BCUT2D eigenvalue weighted by Crippen LogP contribution is 2.26.